The number of Topliss-reactive ketones (excluding diaryl/α,β-unsaturated/α-hetero) is 1. The average molecular weight is 572 g/mol. The number of carboxylic acids is 1. The predicted molar refractivity (Wildman–Crippen MR) is 134 cm³/mol. The van der Waals surface area contributed by atoms with E-state index in [1.54, 1.807) is 0 Å². The summed E-state index contributed by atoms with van der Waals surface area (Å²) < 4.78 is 58.2. The van der Waals surface area contributed by atoms with Crippen LogP contribution in [0.25, 0.3) is 0 Å². The molecule has 2 aliphatic carbocycles. The van der Waals surface area contributed by atoms with Gasteiger partial charge in [-0.15, -0.1) is 0 Å². The monoisotopic (exact) mass is 571 g/mol. The molecule has 212 valence electrons. The molecule has 0 spiro atoms. The molecule has 2 saturated carbocycles. The molecule has 39 heavy (non-hydrogen) atoms. The van der Waals surface area contributed by atoms with Crippen molar-refractivity contribution >= 4 is 29.3 Å². The number of hydrogen-bond donors (Lipinski definition) is 1. The van der Waals surface area contributed by atoms with E-state index in [1.807, 2.05) is 13.8 Å². The van der Waals surface area contributed by atoms with E-state index in [1.165, 1.54) is 12.1 Å². The average Bonchev–Trinajstić information content (AvgIpc) is 3.28. The summed E-state index contributed by atoms with van der Waals surface area (Å²) in [6, 6.07) is 2.97. The molecule has 2 aromatic rings. The topological polar surface area (TPSA) is 92.5 Å². The summed E-state index contributed by atoms with van der Waals surface area (Å²) in [5.74, 6) is -4.40. The summed E-state index contributed by atoms with van der Waals surface area (Å²) in [6.45, 7) is 3.44. The first-order valence-corrected chi connectivity index (χ1v) is 13.2. The number of benzene rings is 1. The van der Waals surface area contributed by atoms with Crippen LogP contribution in [0.2, 0.25) is 5.02 Å². The van der Waals surface area contributed by atoms with Crippen molar-refractivity contribution in [2.24, 2.45) is 17.3 Å². The van der Waals surface area contributed by atoms with Gasteiger partial charge in [0.15, 0.2) is 11.5 Å². The molecule has 2 aliphatic rings. The summed E-state index contributed by atoms with van der Waals surface area (Å²) in [5, 5.41) is 13.0. The van der Waals surface area contributed by atoms with Gasteiger partial charge in [-0.05, 0) is 62.0 Å². The van der Waals surface area contributed by atoms with Crippen LogP contribution in [0.1, 0.15) is 84.8 Å². The van der Waals surface area contributed by atoms with E-state index >= 15 is 0 Å². The molecule has 2 fully saturated rings. The lowest BCUT2D eigenvalue weighted by molar-refractivity contribution is -0.147. The molecule has 4 rings (SSSR count). The van der Waals surface area contributed by atoms with Crippen molar-refractivity contribution in [3.05, 3.63) is 52.1 Å². The van der Waals surface area contributed by atoms with Crippen LogP contribution in [0.3, 0.4) is 0 Å². The van der Waals surface area contributed by atoms with Crippen molar-refractivity contribution in [2.75, 3.05) is 13.1 Å². The number of carboxylic acid groups (broad SMARTS) is 1. The van der Waals surface area contributed by atoms with Crippen LogP contribution >= 0.6 is 11.6 Å². The first-order valence-electron chi connectivity index (χ1n) is 12.8. The second-order valence-corrected chi connectivity index (χ2v) is 11.7. The highest BCUT2D eigenvalue weighted by atomic mass is 35.5. The van der Waals surface area contributed by atoms with Gasteiger partial charge in [-0.25, -0.2) is 4.39 Å². The van der Waals surface area contributed by atoms with E-state index in [0.717, 1.165) is 21.8 Å². The molecule has 1 amide bonds. The number of halogens is 5. The molecule has 0 saturated heterocycles. The zero-order chi connectivity index (χ0) is 28.7. The lowest BCUT2D eigenvalue weighted by atomic mass is 9.64. The van der Waals surface area contributed by atoms with Gasteiger partial charge in [-0.2, -0.15) is 18.3 Å². The van der Waals surface area contributed by atoms with E-state index in [-0.39, 0.29) is 48.6 Å². The highest BCUT2D eigenvalue weighted by molar-refractivity contribution is 6.34. The molecule has 0 unspecified atom stereocenters. The van der Waals surface area contributed by atoms with Gasteiger partial charge in [-0.3, -0.25) is 19.1 Å². The number of ketones is 1. The number of aliphatic carboxylic acids is 1. The normalized spacial score (nSPS) is 21.3. The fraction of sp³-hybridized carbons (Fsp3) is 0.556. The highest BCUT2D eigenvalue weighted by Crippen LogP contribution is 2.45. The molecular weight excluding hydrogens is 542 g/mol. The molecule has 0 radical (unpaired) electrons. The Kier molecular flexibility index (Phi) is 8.12. The minimum atomic E-state index is -4.94. The number of carbonyl (C=O) groups is 3. The molecule has 1 N–H and O–H groups in total. The Bertz CT molecular complexity index is 1240. The third-order valence-electron chi connectivity index (χ3n) is 7.71. The molecule has 1 aromatic carbocycles. The quantitative estimate of drug-likeness (QED) is 0.298. The van der Waals surface area contributed by atoms with Crippen LogP contribution in [-0.2, 0) is 11.0 Å². The smallest absolute Gasteiger partial charge is 0.433 e. The second kappa shape index (κ2) is 10.9. The Morgan fingerprint density at radius 3 is 2.33 bits per heavy atom. The van der Waals surface area contributed by atoms with Gasteiger partial charge in [0.2, 0.25) is 0 Å². The Morgan fingerprint density at radius 2 is 1.79 bits per heavy atom. The molecule has 1 aromatic heterocycles. The van der Waals surface area contributed by atoms with Gasteiger partial charge in [0.05, 0.1) is 40.9 Å². The Labute approximate surface area is 228 Å². The number of hydrogen-bond acceptors (Lipinski definition) is 4. The van der Waals surface area contributed by atoms with Crippen LogP contribution in [0.15, 0.2) is 24.4 Å². The van der Waals surface area contributed by atoms with Crippen molar-refractivity contribution in [3.63, 3.8) is 0 Å². The molecular formula is C27H30ClF4N3O4. The first kappa shape index (κ1) is 29.0. The van der Waals surface area contributed by atoms with Crippen molar-refractivity contribution in [2.45, 2.75) is 64.6 Å². The van der Waals surface area contributed by atoms with Gasteiger partial charge in [0, 0.05) is 6.54 Å². The standard InChI is InChI=1S/C27H30ClF4N3O4/c1-26(2)10-15(11-26)13-34(14-21(36)22-19(28)4-3-5-20(22)29)24(37)18-12-33-35(23(18)27(30,31)32)17-8-6-16(7-9-17)25(38)39/h3-5,12,15-17H,6-11,13-14H2,1-2H3,(H,38,39). The van der Waals surface area contributed by atoms with Crippen molar-refractivity contribution in [1.82, 2.24) is 14.7 Å². The maximum atomic E-state index is 14.4. The second-order valence-electron chi connectivity index (χ2n) is 11.3. The van der Waals surface area contributed by atoms with Gasteiger partial charge in [0.1, 0.15) is 5.82 Å². The van der Waals surface area contributed by atoms with Gasteiger partial charge < -0.3 is 10.0 Å². The van der Waals surface area contributed by atoms with Crippen LogP contribution in [0, 0.1) is 23.1 Å². The fourth-order valence-corrected chi connectivity index (χ4v) is 6.26. The van der Waals surface area contributed by atoms with Crippen LogP contribution < -0.4 is 0 Å². The van der Waals surface area contributed by atoms with Crippen LogP contribution in [-0.4, -0.2) is 50.5 Å². The Hall–Kier alpha value is -2.95. The minimum Gasteiger partial charge on any atom is -0.481 e. The lowest BCUT2D eigenvalue weighted by Crippen LogP contribution is -2.45. The molecule has 0 aliphatic heterocycles. The number of carbonyl (C=O) groups excluding carboxylic acids is 2. The number of amides is 1. The third kappa shape index (κ3) is 6.28. The van der Waals surface area contributed by atoms with E-state index < -0.39 is 65.0 Å². The zero-order valence-corrected chi connectivity index (χ0v) is 22.4. The lowest BCUT2D eigenvalue weighted by Gasteiger charge is -2.44. The largest absolute Gasteiger partial charge is 0.481 e. The SMILES string of the molecule is CC1(C)CC(CN(CC(=O)c2c(F)cccc2Cl)C(=O)c2cnn(C3CCC(C(=O)O)CC3)c2C(F)(F)F)C1. The summed E-state index contributed by atoms with van der Waals surface area (Å²) in [7, 11) is 0. The molecule has 0 bridgehead atoms. The Balaban J connectivity index is 1.65. The number of nitrogens with zero attached hydrogens (tertiary/aromatic N) is 3. The summed E-state index contributed by atoms with van der Waals surface area (Å²) in [4.78, 5) is 39.0. The third-order valence-corrected chi connectivity index (χ3v) is 8.03. The molecule has 12 heteroatoms. The van der Waals surface area contributed by atoms with Crippen LogP contribution in [0.4, 0.5) is 17.6 Å². The first-order chi connectivity index (χ1) is 18.2. The molecule has 1 heterocycles. The zero-order valence-electron chi connectivity index (χ0n) is 21.6. The number of aromatic nitrogens is 2. The van der Waals surface area contributed by atoms with Gasteiger partial charge >= 0.3 is 12.1 Å². The van der Waals surface area contributed by atoms with Gasteiger partial charge in [0.25, 0.3) is 5.91 Å². The number of alkyl halides is 3. The highest BCUT2D eigenvalue weighted by Gasteiger charge is 2.44. The van der Waals surface area contributed by atoms with E-state index in [4.69, 9.17) is 11.6 Å². The Morgan fingerprint density at radius 1 is 1.15 bits per heavy atom. The summed E-state index contributed by atoms with van der Waals surface area (Å²) in [6.07, 6.45) is -1.93. The predicted octanol–water partition coefficient (Wildman–Crippen LogP) is 6.27. The van der Waals surface area contributed by atoms with E-state index in [0.29, 0.717) is 12.8 Å². The van der Waals surface area contributed by atoms with Crippen molar-refractivity contribution in [3.8, 4) is 0 Å². The van der Waals surface area contributed by atoms with Gasteiger partial charge in [-0.1, -0.05) is 31.5 Å². The maximum absolute atomic E-state index is 14.4. The van der Waals surface area contributed by atoms with Crippen molar-refractivity contribution in [1.29, 1.82) is 0 Å². The summed E-state index contributed by atoms with van der Waals surface area (Å²) in [5.41, 5.74) is -2.35. The fourth-order valence-electron chi connectivity index (χ4n) is 6.00. The number of rotatable bonds is 8. The molecule has 7 nitrogen and oxygen atoms in total. The summed E-state index contributed by atoms with van der Waals surface area (Å²) >= 11 is 6.03. The van der Waals surface area contributed by atoms with E-state index in [9.17, 15) is 37.1 Å². The molecule has 0 atom stereocenters. The van der Waals surface area contributed by atoms with Crippen LogP contribution in [0.5, 0.6) is 0 Å². The maximum Gasteiger partial charge on any atom is 0.433 e. The minimum absolute atomic E-state index is 0.00898. The van der Waals surface area contributed by atoms with Crippen molar-refractivity contribution < 1.29 is 37.1 Å². The van der Waals surface area contributed by atoms with E-state index in [2.05, 4.69) is 5.10 Å².